The van der Waals surface area contributed by atoms with E-state index in [2.05, 4.69) is 108 Å². The fourth-order valence-corrected chi connectivity index (χ4v) is 6.96. The van der Waals surface area contributed by atoms with Crippen molar-refractivity contribution in [2.45, 2.75) is 12.8 Å². The van der Waals surface area contributed by atoms with E-state index in [1.807, 2.05) is 0 Å². The molecule has 9 rings (SSSR count). The van der Waals surface area contributed by atoms with Crippen LogP contribution in [0, 0.1) is 0 Å². The Hall–Kier alpha value is -4.36. The molecular formula is C34H21N. The Morgan fingerprint density at radius 1 is 0.457 bits per heavy atom. The van der Waals surface area contributed by atoms with Gasteiger partial charge < -0.3 is 4.40 Å². The molecule has 0 bridgehead atoms. The van der Waals surface area contributed by atoms with Crippen LogP contribution < -0.4 is 0 Å². The Bertz CT molecular complexity index is 2050. The second-order valence-electron chi connectivity index (χ2n) is 10.1. The van der Waals surface area contributed by atoms with Gasteiger partial charge in [0.15, 0.2) is 0 Å². The van der Waals surface area contributed by atoms with Gasteiger partial charge in [-0.1, -0.05) is 97.1 Å². The van der Waals surface area contributed by atoms with Gasteiger partial charge >= 0.3 is 0 Å². The van der Waals surface area contributed by atoms with Crippen molar-refractivity contribution >= 4 is 38.0 Å². The molecule has 2 aliphatic carbocycles. The summed E-state index contributed by atoms with van der Waals surface area (Å²) in [5, 5.41) is 6.73. The van der Waals surface area contributed by atoms with Crippen molar-refractivity contribution in [3.8, 4) is 22.3 Å². The largest absolute Gasteiger partial charge is 0.314 e. The highest BCUT2D eigenvalue weighted by atomic mass is 14.9. The Kier molecular flexibility index (Phi) is 3.19. The van der Waals surface area contributed by atoms with Crippen molar-refractivity contribution in [1.82, 2.24) is 4.40 Å². The molecule has 2 aliphatic rings. The molecule has 0 spiro atoms. The first kappa shape index (κ1) is 18.0. The van der Waals surface area contributed by atoms with Gasteiger partial charge in [0.05, 0.1) is 11.0 Å². The van der Waals surface area contributed by atoms with Crippen LogP contribution in [0.25, 0.3) is 60.2 Å². The minimum atomic E-state index is 1.01. The van der Waals surface area contributed by atoms with Crippen LogP contribution in [0.15, 0.2) is 103 Å². The number of fused-ring (bicyclic) bond motifs is 16. The van der Waals surface area contributed by atoms with Crippen molar-refractivity contribution in [3.63, 3.8) is 0 Å². The summed E-state index contributed by atoms with van der Waals surface area (Å²) in [5.74, 6) is 0. The van der Waals surface area contributed by atoms with Crippen LogP contribution in [-0.4, -0.2) is 4.40 Å². The van der Waals surface area contributed by atoms with Crippen molar-refractivity contribution in [3.05, 3.63) is 126 Å². The Balaban J connectivity index is 1.59. The number of hydrogen-bond acceptors (Lipinski definition) is 0. The first-order chi connectivity index (χ1) is 17.4. The summed E-state index contributed by atoms with van der Waals surface area (Å²) in [6.45, 7) is 0. The average molecular weight is 444 g/mol. The lowest BCUT2D eigenvalue weighted by atomic mass is 9.92. The van der Waals surface area contributed by atoms with Crippen molar-refractivity contribution in [2.24, 2.45) is 0 Å². The molecule has 162 valence electrons. The Morgan fingerprint density at radius 3 is 1.89 bits per heavy atom. The quantitative estimate of drug-likeness (QED) is 0.207. The molecule has 0 N–H and O–H groups in total. The molecule has 0 saturated heterocycles. The molecule has 2 heterocycles. The summed E-state index contributed by atoms with van der Waals surface area (Å²) < 4.78 is 2.52. The number of hydrogen-bond donors (Lipinski definition) is 0. The molecule has 0 saturated carbocycles. The molecule has 0 aliphatic heterocycles. The van der Waals surface area contributed by atoms with Gasteiger partial charge in [-0.25, -0.2) is 0 Å². The zero-order valence-electron chi connectivity index (χ0n) is 19.2. The molecule has 0 radical (unpaired) electrons. The average Bonchev–Trinajstić information content (AvgIpc) is 3.59. The van der Waals surface area contributed by atoms with Gasteiger partial charge in [0, 0.05) is 33.3 Å². The van der Waals surface area contributed by atoms with Crippen molar-refractivity contribution in [2.75, 3.05) is 0 Å². The lowest BCUT2D eigenvalue weighted by molar-refractivity contribution is 1.25. The standard InChI is InChI=1S/C34H21N/c1-4-10-25-20(7-1)17-22-13-15-28-29-16-14-23-18-21-8-2-5-11-26(21)31(23)34(29)35-19-24-9-3-6-12-27(24)33(35)32(28)30(22)25/h1-16,19H,17-18H2. The summed E-state index contributed by atoms with van der Waals surface area (Å²) >= 11 is 0. The fourth-order valence-electron chi connectivity index (χ4n) is 6.96. The highest BCUT2D eigenvalue weighted by molar-refractivity contribution is 6.26. The zero-order chi connectivity index (χ0) is 22.7. The fraction of sp³-hybridized carbons (Fsp3) is 0.0588. The maximum atomic E-state index is 2.52. The summed E-state index contributed by atoms with van der Waals surface area (Å²) in [7, 11) is 0. The molecule has 35 heavy (non-hydrogen) atoms. The number of nitrogens with zero attached hydrogens (tertiary/aromatic N) is 1. The lowest BCUT2D eigenvalue weighted by Crippen LogP contribution is -1.95. The van der Waals surface area contributed by atoms with E-state index >= 15 is 0 Å². The van der Waals surface area contributed by atoms with Gasteiger partial charge in [0.1, 0.15) is 0 Å². The third-order valence-electron chi connectivity index (χ3n) is 8.38. The van der Waals surface area contributed by atoms with E-state index in [4.69, 9.17) is 0 Å². The smallest absolute Gasteiger partial charge is 0.0620 e. The first-order valence-corrected chi connectivity index (χ1v) is 12.5. The molecule has 1 heteroatoms. The number of rotatable bonds is 0. The van der Waals surface area contributed by atoms with E-state index in [0.717, 1.165) is 12.8 Å². The molecule has 7 aromatic rings. The minimum absolute atomic E-state index is 1.01. The third kappa shape index (κ3) is 2.15. The highest BCUT2D eigenvalue weighted by Gasteiger charge is 2.27. The van der Waals surface area contributed by atoms with Gasteiger partial charge in [0.2, 0.25) is 0 Å². The maximum Gasteiger partial charge on any atom is 0.0620 e. The molecule has 5 aromatic carbocycles. The van der Waals surface area contributed by atoms with Crippen LogP contribution in [-0.2, 0) is 12.8 Å². The third-order valence-corrected chi connectivity index (χ3v) is 8.38. The molecule has 0 unspecified atom stereocenters. The molecule has 0 amide bonds. The summed E-state index contributed by atoms with van der Waals surface area (Å²) in [4.78, 5) is 0. The maximum absolute atomic E-state index is 2.52. The second-order valence-corrected chi connectivity index (χ2v) is 10.1. The van der Waals surface area contributed by atoms with E-state index in [1.54, 1.807) is 0 Å². The van der Waals surface area contributed by atoms with Crippen molar-refractivity contribution < 1.29 is 0 Å². The van der Waals surface area contributed by atoms with Gasteiger partial charge in [0.25, 0.3) is 0 Å². The second kappa shape index (κ2) is 6.20. The van der Waals surface area contributed by atoms with E-state index in [1.165, 1.54) is 82.5 Å². The topological polar surface area (TPSA) is 4.41 Å². The van der Waals surface area contributed by atoms with Crippen LogP contribution in [0.4, 0.5) is 0 Å². The first-order valence-electron chi connectivity index (χ1n) is 12.5. The monoisotopic (exact) mass is 443 g/mol. The van der Waals surface area contributed by atoms with Crippen LogP contribution >= 0.6 is 0 Å². The Morgan fingerprint density at radius 2 is 1.09 bits per heavy atom. The van der Waals surface area contributed by atoms with Crippen LogP contribution in [0.1, 0.15) is 22.3 Å². The van der Waals surface area contributed by atoms with Crippen LogP contribution in [0.2, 0.25) is 0 Å². The SMILES string of the molecule is c1ccc2c(c1)Cc1ccc3c4ccc5c(c4n4cc6ccccc6c4c3c1-2)-c1ccccc1C5. The number of benzene rings is 5. The van der Waals surface area contributed by atoms with Gasteiger partial charge in [-0.15, -0.1) is 0 Å². The van der Waals surface area contributed by atoms with Gasteiger partial charge in [-0.3, -0.25) is 0 Å². The normalized spacial score (nSPS) is 13.5. The molecule has 0 fully saturated rings. The van der Waals surface area contributed by atoms with Gasteiger partial charge in [-0.05, 0) is 57.2 Å². The molecule has 0 atom stereocenters. The zero-order valence-corrected chi connectivity index (χ0v) is 19.2. The number of aromatic nitrogens is 1. The van der Waals surface area contributed by atoms with E-state index in [0.29, 0.717) is 0 Å². The molecule has 2 aromatic heterocycles. The number of pyridine rings is 1. The summed E-state index contributed by atoms with van der Waals surface area (Å²) in [6, 6.07) is 36.3. The summed E-state index contributed by atoms with van der Waals surface area (Å²) in [5.41, 5.74) is 14.0. The molecular weight excluding hydrogens is 422 g/mol. The molecule has 1 nitrogen and oxygen atoms in total. The van der Waals surface area contributed by atoms with Crippen molar-refractivity contribution in [1.29, 1.82) is 0 Å². The lowest BCUT2D eigenvalue weighted by Gasteiger charge is -2.17. The van der Waals surface area contributed by atoms with Gasteiger partial charge in [-0.2, -0.15) is 0 Å². The predicted molar refractivity (Wildman–Crippen MR) is 146 cm³/mol. The van der Waals surface area contributed by atoms with E-state index in [-0.39, 0.29) is 0 Å². The van der Waals surface area contributed by atoms with E-state index in [9.17, 15) is 0 Å². The minimum Gasteiger partial charge on any atom is -0.314 e. The highest BCUT2D eigenvalue weighted by Crippen LogP contribution is 2.49. The summed E-state index contributed by atoms with van der Waals surface area (Å²) in [6.07, 6.45) is 4.40. The Labute approximate surface area is 202 Å². The predicted octanol–water partition coefficient (Wildman–Crippen LogP) is 8.54. The van der Waals surface area contributed by atoms with Crippen LogP contribution in [0.3, 0.4) is 0 Å². The van der Waals surface area contributed by atoms with E-state index < -0.39 is 0 Å². The van der Waals surface area contributed by atoms with Crippen LogP contribution in [0.5, 0.6) is 0 Å².